The lowest BCUT2D eigenvalue weighted by atomic mass is 9.68. The lowest BCUT2D eigenvalue weighted by Gasteiger charge is -2.43. The van der Waals surface area contributed by atoms with Crippen LogP contribution in [0, 0.1) is 11.8 Å². The molecule has 0 amide bonds. The predicted octanol–water partition coefficient (Wildman–Crippen LogP) is 1.61. The molecule has 76 valence electrons. The molecule has 0 aliphatic heterocycles. The maximum absolute atomic E-state index is 13.2. The van der Waals surface area contributed by atoms with Crippen molar-refractivity contribution in [3.8, 4) is 0 Å². The van der Waals surface area contributed by atoms with Gasteiger partial charge in [0, 0.05) is 6.42 Å². The molecule has 2 aliphatic rings. The summed E-state index contributed by atoms with van der Waals surface area (Å²) in [6, 6.07) is 0. The first-order valence-corrected chi connectivity index (χ1v) is 5.18. The van der Waals surface area contributed by atoms with Crippen LogP contribution in [-0.2, 0) is 0 Å². The first kappa shape index (κ1) is 9.41. The zero-order valence-corrected chi connectivity index (χ0v) is 7.75. The van der Waals surface area contributed by atoms with Crippen LogP contribution >= 0.6 is 0 Å². The van der Waals surface area contributed by atoms with Crippen LogP contribution < -0.4 is 0 Å². The van der Waals surface area contributed by atoms with Gasteiger partial charge in [-0.1, -0.05) is 19.3 Å². The number of hydrogen-bond donors (Lipinski definition) is 2. The number of alkyl halides is 1. The van der Waals surface area contributed by atoms with Gasteiger partial charge in [0.1, 0.15) is 0 Å². The van der Waals surface area contributed by atoms with Crippen molar-refractivity contribution in [1.82, 2.24) is 0 Å². The molecule has 0 heterocycles. The number of halogens is 1. The summed E-state index contributed by atoms with van der Waals surface area (Å²) in [5.74, 6) is -1.30. The normalized spacial score (nSPS) is 44.1. The molecule has 2 rings (SSSR count). The molecule has 0 radical (unpaired) electrons. The zero-order chi connectivity index (χ0) is 9.47. The third kappa shape index (κ3) is 1.72. The van der Waals surface area contributed by atoms with Gasteiger partial charge in [-0.05, 0) is 24.7 Å². The highest BCUT2D eigenvalue weighted by Crippen LogP contribution is 2.44. The van der Waals surface area contributed by atoms with E-state index >= 15 is 0 Å². The van der Waals surface area contributed by atoms with Crippen molar-refractivity contribution < 1.29 is 14.6 Å². The average Bonchev–Trinajstić information content (AvgIpc) is 2.06. The van der Waals surface area contributed by atoms with E-state index in [0.29, 0.717) is 18.3 Å². The Balaban J connectivity index is 2.05. The van der Waals surface area contributed by atoms with Gasteiger partial charge in [0.25, 0.3) is 0 Å². The van der Waals surface area contributed by atoms with Crippen molar-refractivity contribution in [3.05, 3.63) is 0 Å². The van der Waals surface area contributed by atoms with Gasteiger partial charge in [-0.3, -0.25) is 0 Å². The van der Waals surface area contributed by atoms with Crippen LogP contribution in [0.5, 0.6) is 0 Å². The molecule has 0 saturated heterocycles. The third-order valence-corrected chi connectivity index (χ3v) is 3.64. The van der Waals surface area contributed by atoms with Crippen LogP contribution in [0.2, 0.25) is 0 Å². The topological polar surface area (TPSA) is 40.5 Å². The first-order chi connectivity index (χ1) is 6.09. The van der Waals surface area contributed by atoms with Crippen molar-refractivity contribution >= 4 is 0 Å². The molecule has 0 spiro atoms. The Kier molecular flexibility index (Phi) is 2.32. The SMILES string of the molecule is OC1(O)C[C@H]2CCCC[C@@H]2C[C@H]1F. The molecule has 2 saturated carbocycles. The Labute approximate surface area is 77.8 Å². The van der Waals surface area contributed by atoms with E-state index in [9.17, 15) is 14.6 Å². The van der Waals surface area contributed by atoms with Crippen molar-refractivity contribution in [2.24, 2.45) is 11.8 Å². The Bertz CT molecular complexity index is 193. The first-order valence-electron chi connectivity index (χ1n) is 5.18. The highest BCUT2D eigenvalue weighted by Gasteiger charge is 2.46. The maximum Gasteiger partial charge on any atom is 0.195 e. The van der Waals surface area contributed by atoms with Crippen LogP contribution in [0.4, 0.5) is 4.39 Å². The predicted molar refractivity (Wildman–Crippen MR) is 46.7 cm³/mol. The van der Waals surface area contributed by atoms with E-state index in [4.69, 9.17) is 0 Å². The van der Waals surface area contributed by atoms with Gasteiger partial charge >= 0.3 is 0 Å². The van der Waals surface area contributed by atoms with Crippen molar-refractivity contribution in [2.75, 3.05) is 0 Å². The fraction of sp³-hybridized carbons (Fsp3) is 1.00. The molecule has 0 aromatic heterocycles. The van der Waals surface area contributed by atoms with E-state index in [0.717, 1.165) is 19.3 Å². The van der Waals surface area contributed by atoms with Crippen LogP contribution in [0.25, 0.3) is 0 Å². The minimum Gasteiger partial charge on any atom is -0.363 e. The molecular weight excluding hydrogens is 171 g/mol. The minimum absolute atomic E-state index is 0.235. The second-order valence-electron chi connectivity index (χ2n) is 4.59. The smallest absolute Gasteiger partial charge is 0.195 e. The minimum atomic E-state index is -2.04. The second kappa shape index (κ2) is 3.21. The molecule has 2 nitrogen and oxygen atoms in total. The molecule has 0 aromatic carbocycles. The maximum atomic E-state index is 13.2. The fourth-order valence-corrected chi connectivity index (χ4v) is 2.83. The van der Waals surface area contributed by atoms with Gasteiger partial charge in [0.15, 0.2) is 12.0 Å². The molecule has 2 fully saturated rings. The van der Waals surface area contributed by atoms with Gasteiger partial charge in [0.05, 0.1) is 0 Å². The van der Waals surface area contributed by atoms with Gasteiger partial charge in [0.2, 0.25) is 0 Å². The fourth-order valence-electron chi connectivity index (χ4n) is 2.83. The molecular formula is C10H17FO2. The molecule has 13 heavy (non-hydrogen) atoms. The second-order valence-corrected chi connectivity index (χ2v) is 4.59. The van der Waals surface area contributed by atoms with Gasteiger partial charge in [-0.15, -0.1) is 0 Å². The number of rotatable bonds is 0. The zero-order valence-electron chi connectivity index (χ0n) is 7.75. The number of aliphatic hydroxyl groups is 2. The summed E-state index contributed by atoms with van der Waals surface area (Å²) >= 11 is 0. The van der Waals surface area contributed by atoms with Crippen molar-refractivity contribution in [1.29, 1.82) is 0 Å². The molecule has 3 heteroatoms. The van der Waals surface area contributed by atoms with Gasteiger partial charge in [-0.25, -0.2) is 4.39 Å². The van der Waals surface area contributed by atoms with E-state index in [1.165, 1.54) is 6.42 Å². The van der Waals surface area contributed by atoms with Crippen LogP contribution in [0.1, 0.15) is 38.5 Å². The van der Waals surface area contributed by atoms with Gasteiger partial charge in [-0.2, -0.15) is 0 Å². The molecule has 0 bridgehead atoms. The van der Waals surface area contributed by atoms with Crippen molar-refractivity contribution in [2.45, 2.75) is 50.5 Å². The van der Waals surface area contributed by atoms with Gasteiger partial charge < -0.3 is 10.2 Å². The highest BCUT2D eigenvalue weighted by atomic mass is 19.1. The highest BCUT2D eigenvalue weighted by molar-refractivity contribution is 4.91. The Hall–Kier alpha value is -0.150. The van der Waals surface area contributed by atoms with E-state index in [2.05, 4.69) is 0 Å². The Morgan fingerprint density at radius 1 is 1.08 bits per heavy atom. The number of fused-ring (bicyclic) bond motifs is 1. The summed E-state index contributed by atoms with van der Waals surface area (Å²) in [6.45, 7) is 0. The lowest BCUT2D eigenvalue weighted by Crippen LogP contribution is -2.48. The summed E-state index contributed by atoms with van der Waals surface area (Å²) < 4.78 is 13.2. The van der Waals surface area contributed by atoms with Crippen LogP contribution in [0.3, 0.4) is 0 Å². The monoisotopic (exact) mass is 188 g/mol. The van der Waals surface area contributed by atoms with E-state index in [1.54, 1.807) is 0 Å². The van der Waals surface area contributed by atoms with Crippen LogP contribution in [0.15, 0.2) is 0 Å². The standard InChI is InChI=1S/C10H17FO2/c11-9-5-7-3-1-2-4-8(7)6-10(9,12)13/h7-9,12-13H,1-6H2/t7-,8-,9-/m1/s1. The van der Waals surface area contributed by atoms with E-state index < -0.39 is 12.0 Å². The Morgan fingerprint density at radius 2 is 1.69 bits per heavy atom. The molecule has 3 atom stereocenters. The molecule has 2 aliphatic carbocycles. The number of hydrogen-bond acceptors (Lipinski definition) is 2. The summed E-state index contributed by atoms with van der Waals surface area (Å²) in [6.07, 6.45) is 3.59. The molecule has 2 N–H and O–H groups in total. The molecule has 0 aromatic rings. The summed E-state index contributed by atoms with van der Waals surface area (Å²) in [5, 5.41) is 18.7. The summed E-state index contributed by atoms with van der Waals surface area (Å²) in [5.41, 5.74) is 0. The molecule has 0 unspecified atom stereocenters. The summed E-state index contributed by atoms with van der Waals surface area (Å²) in [7, 11) is 0. The van der Waals surface area contributed by atoms with E-state index in [-0.39, 0.29) is 6.42 Å². The van der Waals surface area contributed by atoms with Crippen molar-refractivity contribution in [3.63, 3.8) is 0 Å². The quantitative estimate of drug-likeness (QED) is 0.567. The third-order valence-electron chi connectivity index (χ3n) is 3.64. The summed E-state index contributed by atoms with van der Waals surface area (Å²) in [4.78, 5) is 0. The van der Waals surface area contributed by atoms with E-state index in [1.807, 2.05) is 0 Å². The Morgan fingerprint density at radius 3 is 2.38 bits per heavy atom. The lowest BCUT2D eigenvalue weighted by molar-refractivity contribution is -0.240. The van der Waals surface area contributed by atoms with Crippen LogP contribution in [-0.4, -0.2) is 22.2 Å². The average molecular weight is 188 g/mol. The largest absolute Gasteiger partial charge is 0.363 e.